The first-order valence-electron chi connectivity index (χ1n) is 11.4. The number of aromatic nitrogens is 1. The Bertz CT molecular complexity index is 1590. The van der Waals surface area contributed by atoms with Gasteiger partial charge in [-0.3, -0.25) is 9.10 Å². The number of amides is 1. The van der Waals surface area contributed by atoms with Gasteiger partial charge in [-0.1, -0.05) is 29.3 Å². The maximum Gasteiger partial charge on any atom is 0.264 e. The Morgan fingerprint density at radius 1 is 1.00 bits per heavy atom. The second kappa shape index (κ2) is 11.5. The molecule has 1 amide bonds. The van der Waals surface area contributed by atoms with Crippen molar-refractivity contribution >= 4 is 50.3 Å². The zero-order valence-electron chi connectivity index (χ0n) is 20.9. The van der Waals surface area contributed by atoms with Crippen LogP contribution in [0.2, 0.25) is 5.15 Å². The van der Waals surface area contributed by atoms with Crippen LogP contribution in [0.25, 0.3) is 10.9 Å². The van der Waals surface area contributed by atoms with Gasteiger partial charge in [0.25, 0.3) is 15.9 Å². The molecule has 1 N–H and O–H groups in total. The molecule has 0 aliphatic rings. The number of aryl methyl sites for hydroxylation is 1. The van der Waals surface area contributed by atoms with Crippen molar-refractivity contribution in [1.29, 1.82) is 0 Å². The Hall–Kier alpha value is -4.15. The lowest BCUT2D eigenvalue weighted by Gasteiger charge is -2.24. The molecule has 0 aliphatic heterocycles. The zero-order chi connectivity index (χ0) is 27.3. The lowest BCUT2D eigenvalue weighted by Crippen LogP contribution is -2.39. The van der Waals surface area contributed by atoms with Crippen LogP contribution in [0.5, 0.6) is 11.5 Å². The van der Waals surface area contributed by atoms with Crippen LogP contribution < -0.4 is 19.2 Å². The highest BCUT2D eigenvalue weighted by Crippen LogP contribution is 2.26. The number of pyridine rings is 1. The van der Waals surface area contributed by atoms with E-state index >= 15 is 0 Å². The minimum atomic E-state index is -4.06. The van der Waals surface area contributed by atoms with E-state index in [0.717, 1.165) is 15.3 Å². The highest BCUT2D eigenvalue weighted by molar-refractivity contribution is 7.92. The number of rotatable bonds is 9. The molecule has 9 nitrogen and oxygen atoms in total. The van der Waals surface area contributed by atoms with Gasteiger partial charge in [0.2, 0.25) is 0 Å². The molecule has 0 unspecified atom stereocenters. The highest BCUT2D eigenvalue weighted by atomic mass is 35.5. The lowest BCUT2D eigenvalue weighted by molar-refractivity contribution is -0.119. The molecule has 0 saturated carbocycles. The number of methoxy groups -OCH3 is 2. The topological polar surface area (TPSA) is 110 Å². The van der Waals surface area contributed by atoms with Crippen LogP contribution in [-0.4, -0.2) is 46.3 Å². The number of carbonyl (C=O) groups is 1. The Balaban J connectivity index is 1.56. The maximum absolute atomic E-state index is 13.5. The van der Waals surface area contributed by atoms with Gasteiger partial charge in [-0.2, -0.15) is 5.10 Å². The van der Waals surface area contributed by atoms with Crippen molar-refractivity contribution in [2.24, 2.45) is 5.10 Å². The predicted molar refractivity (Wildman–Crippen MR) is 148 cm³/mol. The number of benzene rings is 3. The van der Waals surface area contributed by atoms with Crippen LogP contribution >= 0.6 is 11.6 Å². The van der Waals surface area contributed by atoms with Gasteiger partial charge in [-0.05, 0) is 61.5 Å². The average Bonchev–Trinajstić information content (AvgIpc) is 2.92. The number of hydrazone groups is 1. The van der Waals surface area contributed by atoms with Crippen LogP contribution in [0.4, 0.5) is 5.69 Å². The van der Waals surface area contributed by atoms with E-state index in [0.29, 0.717) is 28.3 Å². The van der Waals surface area contributed by atoms with Gasteiger partial charge in [0, 0.05) is 17.0 Å². The molecule has 0 bridgehead atoms. The fraction of sp³-hybridized carbons (Fsp3) is 0.148. The van der Waals surface area contributed by atoms with Crippen molar-refractivity contribution in [2.45, 2.75) is 11.8 Å². The third-order valence-corrected chi connectivity index (χ3v) is 7.75. The van der Waals surface area contributed by atoms with Gasteiger partial charge in [-0.15, -0.1) is 0 Å². The summed E-state index contributed by atoms with van der Waals surface area (Å²) < 4.78 is 38.4. The summed E-state index contributed by atoms with van der Waals surface area (Å²) in [6.07, 6.45) is 1.35. The van der Waals surface area contributed by atoms with Crippen LogP contribution in [0, 0.1) is 6.92 Å². The Labute approximate surface area is 225 Å². The second-order valence-electron chi connectivity index (χ2n) is 8.24. The quantitative estimate of drug-likeness (QED) is 0.185. The van der Waals surface area contributed by atoms with E-state index in [1.807, 2.05) is 13.0 Å². The molecule has 1 aromatic heterocycles. The summed E-state index contributed by atoms with van der Waals surface area (Å²) in [4.78, 5) is 17.2. The summed E-state index contributed by atoms with van der Waals surface area (Å²) in [5.41, 5.74) is 4.70. The minimum absolute atomic E-state index is 0.0564. The standard InChI is InChI=1S/C27H25ClN4O5S/c1-18-4-12-24(13-5-18)38(34,35)32(21-7-10-22(36-2)11-8-21)17-26(33)31-29-16-20-14-19-6-9-23(37-3)15-25(19)30-27(20)28/h4-16H,17H2,1-3H3,(H,31,33)/b29-16+. The molecule has 4 aromatic rings. The Morgan fingerprint density at radius 2 is 1.66 bits per heavy atom. The van der Waals surface area contributed by atoms with Gasteiger partial charge >= 0.3 is 0 Å². The zero-order valence-corrected chi connectivity index (χ0v) is 22.5. The molecule has 11 heteroatoms. The van der Waals surface area contributed by atoms with Crippen LogP contribution in [-0.2, 0) is 14.8 Å². The molecule has 3 aromatic carbocycles. The van der Waals surface area contributed by atoms with Gasteiger partial charge in [0.1, 0.15) is 23.2 Å². The third kappa shape index (κ3) is 6.04. The first-order chi connectivity index (χ1) is 18.2. The van der Waals surface area contributed by atoms with Crippen molar-refractivity contribution in [1.82, 2.24) is 10.4 Å². The Kier molecular flexibility index (Phi) is 8.13. The van der Waals surface area contributed by atoms with Gasteiger partial charge in [-0.25, -0.2) is 18.8 Å². The largest absolute Gasteiger partial charge is 0.497 e. The summed E-state index contributed by atoms with van der Waals surface area (Å²) in [5.74, 6) is 0.550. The summed E-state index contributed by atoms with van der Waals surface area (Å²) in [6.45, 7) is 1.35. The number of fused-ring (bicyclic) bond motifs is 1. The van der Waals surface area contributed by atoms with Crippen molar-refractivity contribution in [2.75, 3.05) is 25.1 Å². The molecule has 4 rings (SSSR count). The molecule has 0 saturated heterocycles. The van der Waals surface area contributed by atoms with Crippen LogP contribution in [0.1, 0.15) is 11.1 Å². The van der Waals surface area contributed by atoms with E-state index in [9.17, 15) is 13.2 Å². The van der Waals surface area contributed by atoms with Crippen molar-refractivity contribution in [3.05, 3.63) is 89.1 Å². The number of nitrogens with zero attached hydrogens (tertiary/aromatic N) is 3. The van der Waals surface area contributed by atoms with Crippen LogP contribution in [0.15, 0.2) is 82.8 Å². The highest BCUT2D eigenvalue weighted by Gasteiger charge is 2.27. The molecule has 38 heavy (non-hydrogen) atoms. The summed E-state index contributed by atoms with van der Waals surface area (Å²) in [7, 11) is -0.988. The number of anilines is 1. The normalized spacial score (nSPS) is 11.5. The molecular formula is C27H25ClN4O5S. The molecule has 1 heterocycles. The number of hydrogen-bond donors (Lipinski definition) is 1. The second-order valence-corrected chi connectivity index (χ2v) is 10.5. The fourth-order valence-electron chi connectivity index (χ4n) is 3.60. The molecule has 0 fully saturated rings. The van der Waals surface area contributed by atoms with Crippen molar-refractivity contribution < 1.29 is 22.7 Å². The first kappa shape index (κ1) is 26.9. The van der Waals surface area contributed by atoms with E-state index in [2.05, 4.69) is 15.5 Å². The first-order valence-corrected chi connectivity index (χ1v) is 13.2. The maximum atomic E-state index is 13.5. The Morgan fingerprint density at radius 3 is 2.32 bits per heavy atom. The number of halogens is 1. The van der Waals surface area contributed by atoms with Gasteiger partial charge in [0.05, 0.1) is 36.5 Å². The SMILES string of the molecule is COc1ccc(N(CC(=O)N/N=C/c2cc3ccc(OC)cc3nc2Cl)S(=O)(=O)c2ccc(C)cc2)cc1. The van der Waals surface area contributed by atoms with E-state index in [4.69, 9.17) is 21.1 Å². The molecule has 0 radical (unpaired) electrons. The summed E-state index contributed by atoms with van der Waals surface area (Å²) >= 11 is 6.29. The smallest absolute Gasteiger partial charge is 0.264 e. The summed E-state index contributed by atoms with van der Waals surface area (Å²) in [5, 5.41) is 4.96. The fourth-order valence-corrected chi connectivity index (χ4v) is 5.21. The average molecular weight is 553 g/mol. The molecule has 0 atom stereocenters. The lowest BCUT2D eigenvalue weighted by atomic mass is 10.1. The van der Waals surface area contributed by atoms with Gasteiger partial charge in [0.15, 0.2) is 0 Å². The van der Waals surface area contributed by atoms with E-state index in [1.54, 1.807) is 61.7 Å². The number of ether oxygens (including phenoxy) is 2. The minimum Gasteiger partial charge on any atom is -0.497 e. The van der Waals surface area contributed by atoms with Crippen LogP contribution in [0.3, 0.4) is 0 Å². The monoisotopic (exact) mass is 552 g/mol. The van der Waals surface area contributed by atoms with E-state index in [1.165, 1.54) is 25.5 Å². The predicted octanol–water partition coefficient (Wildman–Crippen LogP) is 4.56. The molecule has 0 aliphatic carbocycles. The molecule has 196 valence electrons. The van der Waals surface area contributed by atoms with Crippen molar-refractivity contribution in [3.63, 3.8) is 0 Å². The molecular weight excluding hydrogens is 528 g/mol. The number of carbonyl (C=O) groups excluding carboxylic acids is 1. The van der Waals surface area contributed by atoms with Gasteiger partial charge < -0.3 is 9.47 Å². The number of sulfonamides is 1. The summed E-state index contributed by atoms with van der Waals surface area (Å²) in [6, 6.07) is 19.9. The number of hydrogen-bond acceptors (Lipinski definition) is 7. The molecule has 0 spiro atoms. The van der Waals surface area contributed by atoms with E-state index < -0.39 is 22.5 Å². The third-order valence-electron chi connectivity index (χ3n) is 5.65. The van der Waals surface area contributed by atoms with E-state index in [-0.39, 0.29) is 10.0 Å². The number of nitrogens with one attached hydrogen (secondary N) is 1. The van der Waals surface area contributed by atoms with Crippen molar-refractivity contribution in [3.8, 4) is 11.5 Å².